The highest BCUT2D eigenvalue weighted by molar-refractivity contribution is 7.09. The maximum atomic E-state index is 2.27. The summed E-state index contributed by atoms with van der Waals surface area (Å²) in [6, 6.07) is 8.43. The minimum atomic E-state index is 1.30. The molecule has 0 bridgehead atoms. The molecule has 0 atom stereocenters. The van der Waals surface area contributed by atoms with Crippen LogP contribution >= 0.6 is 22.7 Å². The van der Waals surface area contributed by atoms with Crippen LogP contribution in [0.2, 0.25) is 0 Å². The molecule has 2 aromatic rings. The maximum Gasteiger partial charge on any atom is 0.00452 e. The summed E-state index contributed by atoms with van der Waals surface area (Å²) < 4.78 is 0. The summed E-state index contributed by atoms with van der Waals surface area (Å²) in [6.45, 7) is 2.27. The zero-order chi connectivity index (χ0) is 12.9. The van der Waals surface area contributed by atoms with E-state index in [1.165, 1.54) is 44.9 Å². The summed E-state index contributed by atoms with van der Waals surface area (Å²) in [5.41, 5.74) is 0. The van der Waals surface area contributed by atoms with Gasteiger partial charge in [0.2, 0.25) is 0 Å². The first-order valence-corrected chi connectivity index (χ1v) is 8.75. The van der Waals surface area contributed by atoms with Crippen molar-refractivity contribution >= 4 is 22.7 Å². The number of hydrogen-bond acceptors (Lipinski definition) is 2. The van der Waals surface area contributed by atoms with Crippen LogP contribution in [0, 0.1) is 0 Å². The van der Waals surface area contributed by atoms with Crippen molar-refractivity contribution in [3.63, 3.8) is 0 Å². The Morgan fingerprint density at radius 1 is 0.833 bits per heavy atom. The molecule has 0 aliphatic heterocycles. The highest BCUT2D eigenvalue weighted by Gasteiger charge is 1.93. The molecule has 0 aliphatic rings. The molecule has 0 spiro atoms. The molecule has 0 saturated heterocycles. The van der Waals surface area contributed by atoms with Gasteiger partial charge in [0.25, 0.3) is 0 Å². The van der Waals surface area contributed by atoms with Gasteiger partial charge < -0.3 is 0 Å². The summed E-state index contributed by atoms with van der Waals surface area (Å²) in [5, 5.41) is 6.26. The summed E-state index contributed by atoms with van der Waals surface area (Å²) in [4.78, 5) is 1.55. The molecule has 0 nitrogen and oxygen atoms in total. The third-order valence-corrected chi connectivity index (χ3v) is 4.35. The highest BCUT2D eigenvalue weighted by atomic mass is 32.1. The topological polar surface area (TPSA) is 0 Å². The minimum absolute atomic E-state index is 1.30. The number of hydrogen-bond donors (Lipinski definition) is 0. The lowest BCUT2D eigenvalue weighted by atomic mass is 10.1. The Bertz CT molecular complexity index is 318. The summed E-state index contributed by atoms with van der Waals surface area (Å²) in [5.74, 6) is 0. The first-order valence-electron chi connectivity index (χ1n) is 6.93. The highest BCUT2D eigenvalue weighted by Crippen LogP contribution is 2.13. The average molecular weight is 281 g/mol. The van der Waals surface area contributed by atoms with Gasteiger partial charge in [-0.3, -0.25) is 0 Å². The van der Waals surface area contributed by atoms with Crippen molar-refractivity contribution in [2.24, 2.45) is 0 Å². The molecule has 0 saturated carbocycles. The second-order valence-electron chi connectivity index (χ2n) is 4.39. The van der Waals surface area contributed by atoms with Crippen LogP contribution in [-0.4, -0.2) is 0 Å². The first kappa shape index (κ1) is 15.5. The van der Waals surface area contributed by atoms with Crippen molar-refractivity contribution in [1.29, 1.82) is 0 Å². The molecule has 0 N–H and O–H groups in total. The standard InChI is InChI=1S/C12H20S.C4H4S/c1-2-3-4-5-6-7-9-12-10-8-11-13-12;1-2-4-5-3-1/h8,10-11H,2-7,9H2,1H3;1-4H. The second-order valence-corrected chi connectivity index (χ2v) is 6.24. The van der Waals surface area contributed by atoms with Crippen LogP contribution in [-0.2, 0) is 6.42 Å². The molecule has 0 aliphatic carbocycles. The molecule has 0 aromatic carbocycles. The fourth-order valence-corrected chi connectivity index (χ4v) is 2.97. The van der Waals surface area contributed by atoms with Gasteiger partial charge in [-0.05, 0) is 35.0 Å². The van der Waals surface area contributed by atoms with E-state index in [9.17, 15) is 0 Å². The Balaban J connectivity index is 0.000000269. The monoisotopic (exact) mass is 280 g/mol. The van der Waals surface area contributed by atoms with Crippen molar-refractivity contribution in [2.45, 2.75) is 51.9 Å². The Kier molecular flexibility index (Phi) is 9.87. The lowest BCUT2D eigenvalue weighted by Crippen LogP contribution is -1.82. The van der Waals surface area contributed by atoms with Gasteiger partial charge in [-0.25, -0.2) is 0 Å². The van der Waals surface area contributed by atoms with Gasteiger partial charge in [-0.2, -0.15) is 11.3 Å². The molecule has 2 heteroatoms. The number of rotatable bonds is 7. The third-order valence-electron chi connectivity index (χ3n) is 2.78. The Labute approximate surface area is 120 Å². The van der Waals surface area contributed by atoms with Gasteiger partial charge in [0.1, 0.15) is 0 Å². The SMILES string of the molecule is CCCCCCCCc1cccs1.c1ccsc1. The molecular formula is C16H24S2. The molecule has 2 heterocycles. The van der Waals surface area contributed by atoms with E-state index in [4.69, 9.17) is 0 Å². The molecular weight excluding hydrogens is 256 g/mol. The molecule has 0 amide bonds. The van der Waals surface area contributed by atoms with Gasteiger partial charge in [-0.15, -0.1) is 11.3 Å². The predicted molar refractivity (Wildman–Crippen MR) is 85.7 cm³/mol. The maximum absolute atomic E-state index is 2.27. The van der Waals surface area contributed by atoms with E-state index >= 15 is 0 Å². The van der Waals surface area contributed by atoms with Crippen LogP contribution in [0.15, 0.2) is 40.4 Å². The molecule has 100 valence electrons. The zero-order valence-electron chi connectivity index (χ0n) is 11.3. The number of aryl methyl sites for hydroxylation is 1. The van der Waals surface area contributed by atoms with Crippen LogP contribution in [0.1, 0.15) is 50.3 Å². The molecule has 0 unspecified atom stereocenters. The van der Waals surface area contributed by atoms with Gasteiger partial charge in [0, 0.05) is 4.88 Å². The molecule has 2 aromatic heterocycles. The van der Waals surface area contributed by atoms with E-state index in [1.807, 2.05) is 34.2 Å². The minimum Gasteiger partial charge on any atom is -0.152 e. The van der Waals surface area contributed by atoms with Crippen LogP contribution < -0.4 is 0 Å². The molecule has 0 radical (unpaired) electrons. The molecule has 18 heavy (non-hydrogen) atoms. The normalized spacial score (nSPS) is 9.83. The summed E-state index contributed by atoms with van der Waals surface area (Å²) in [6.07, 6.45) is 9.72. The zero-order valence-corrected chi connectivity index (χ0v) is 12.9. The van der Waals surface area contributed by atoms with Crippen LogP contribution in [0.25, 0.3) is 0 Å². The lowest BCUT2D eigenvalue weighted by Gasteiger charge is -1.98. The fraction of sp³-hybridized carbons (Fsp3) is 0.500. The fourth-order valence-electron chi connectivity index (χ4n) is 1.76. The van der Waals surface area contributed by atoms with E-state index in [0.717, 1.165) is 0 Å². The van der Waals surface area contributed by atoms with E-state index in [0.29, 0.717) is 0 Å². The van der Waals surface area contributed by atoms with Crippen molar-refractivity contribution < 1.29 is 0 Å². The van der Waals surface area contributed by atoms with Crippen LogP contribution in [0.3, 0.4) is 0 Å². The van der Waals surface area contributed by atoms with Crippen molar-refractivity contribution in [3.05, 3.63) is 45.3 Å². The summed E-state index contributed by atoms with van der Waals surface area (Å²) in [7, 11) is 0. The van der Waals surface area contributed by atoms with E-state index in [2.05, 4.69) is 24.4 Å². The average Bonchev–Trinajstić information content (AvgIpc) is 3.07. The van der Waals surface area contributed by atoms with Crippen molar-refractivity contribution in [2.75, 3.05) is 0 Å². The van der Waals surface area contributed by atoms with Crippen LogP contribution in [0.4, 0.5) is 0 Å². The number of thiophene rings is 2. The van der Waals surface area contributed by atoms with Gasteiger partial charge in [0.15, 0.2) is 0 Å². The Morgan fingerprint density at radius 3 is 2.11 bits per heavy atom. The van der Waals surface area contributed by atoms with E-state index in [-0.39, 0.29) is 0 Å². The van der Waals surface area contributed by atoms with Crippen LogP contribution in [0.5, 0.6) is 0 Å². The summed E-state index contributed by atoms with van der Waals surface area (Å²) >= 11 is 3.60. The van der Waals surface area contributed by atoms with E-state index < -0.39 is 0 Å². The second kappa shape index (κ2) is 11.5. The van der Waals surface area contributed by atoms with Crippen molar-refractivity contribution in [3.8, 4) is 0 Å². The first-order chi connectivity index (χ1) is 8.93. The molecule has 0 fully saturated rings. The van der Waals surface area contributed by atoms with E-state index in [1.54, 1.807) is 16.2 Å². The predicted octanol–water partition coefficient (Wildman–Crippen LogP) is 6.40. The van der Waals surface area contributed by atoms with Crippen molar-refractivity contribution in [1.82, 2.24) is 0 Å². The van der Waals surface area contributed by atoms with Gasteiger partial charge in [-0.1, -0.05) is 57.2 Å². The smallest absolute Gasteiger partial charge is 0.00452 e. The molecule has 2 rings (SSSR count). The largest absolute Gasteiger partial charge is 0.152 e. The third kappa shape index (κ3) is 8.48. The quantitative estimate of drug-likeness (QED) is 0.515. The Hall–Kier alpha value is -0.600. The lowest BCUT2D eigenvalue weighted by molar-refractivity contribution is 0.609. The van der Waals surface area contributed by atoms with Gasteiger partial charge in [0.05, 0.1) is 0 Å². The van der Waals surface area contributed by atoms with Gasteiger partial charge >= 0.3 is 0 Å². The Morgan fingerprint density at radius 2 is 1.56 bits per heavy atom. The number of unbranched alkanes of at least 4 members (excludes halogenated alkanes) is 5.